The first-order valence-electron chi connectivity index (χ1n) is 2.72. The Morgan fingerprint density at radius 3 is 3.11 bits per heavy atom. The summed E-state index contributed by atoms with van der Waals surface area (Å²) in [5.74, 6) is 0. The van der Waals surface area contributed by atoms with Crippen LogP contribution in [0.25, 0.3) is 0 Å². The van der Waals surface area contributed by atoms with E-state index in [0.29, 0.717) is 0 Å². The lowest BCUT2D eigenvalue weighted by Crippen LogP contribution is -2.15. The number of likely N-dealkylation sites (N-methyl/N-ethyl adjacent to an activating group) is 1. The first kappa shape index (κ1) is 6.15. The summed E-state index contributed by atoms with van der Waals surface area (Å²) >= 11 is 0. The third-order valence-corrected chi connectivity index (χ3v) is 0.926. The molecule has 0 fully saturated rings. The molecule has 1 rings (SSSR count). The van der Waals surface area contributed by atoms with Crippen molar-refractivity contribution in [2.24, 2.45) is 0 Å². The van der Waals surface area contributed by atoms with Gasteiger partial charge in [0.15, 0.2) is 0 Å². The minimum atomic E-state index is 0.767. The maximum Gasteiger partial charge on any atom is 0.221 e. The van der Waals surface area contributed by atoms with E-state index >= 15 is 0 Å². The molecular weight excluding hydrogens is 118 g/mol. The Hall–Kier alpha value is -0.970. The van der Waals surface area contributed by atoms with Gasteiger partial charge in [0, 0.05) is 6.54 Å². The first-order valence-corrected chi connectivity index (χ1v) is 2.72. The lowest BCUT2D eigenvalue weighted by Gasteiger charge is -1.94. The van der Waals surface area contributed by atoms with E-state index in [1.54, 1.807) is 4.68 Å². The molecule has 0 aromatic carbocycles. The molecule has 0 spiro atoms. The SMILES string of the molecule is CNCCn1[c]nnn1. The third kappa shape index (κ3) is 1.77. The van der Waals surface area contributed by atoms with Crippen molar-refractivity contribution in [1.82, 2.24) is 25.5 Å². The van der Waals surface area contributed by atoms with Gasteiger partial charge in [0.05, 0.1) is 6.54 Å². The van der Waals surface area contributed by atoms with Crippen molar-refractivity contribution in [1.29, 1.82) is 0 Å². The maximum atomic E-state index is 3.61. The van der Waals surface area contributed by atoms with Gasteiger partial charge in [-0.3, -0.25) is 0 Å². The van der Waals surface area contributed by atoms with Crippen LogP contribution < -0.4 is 5.32 Å². The highest BCUT2D eigenvalue weighted by atomic mass is 15.5. The van der Waals surface area contributed by atoms with Gasteiger partial charge in [0.1, 0.15) is 0 Å². The summed E-state index contributed by atoms with van der Waals surface area (Å²) in [6.07, 6.45) is 2.58. The Morgan fingerprint density at radius 1 is 1.67 bits per heavy atom. The van der Waals surface area contributed by atoms with Crippen LogP contribution in [0.3, 0.4) is 0 Å². The average molecular weight is 126 g/mol. The molecule has 0 saturated carbocycles. The highest BCUT2D eigenvalue weighted by molar-refractivity contribution is 4.44. The van der Waals surface area contributed by atoms with E-state index in [0.717, 1.165) is 13.1 Å². The molecule has 49 valence electrons. The third-order valence-electron chi connectivity index (χ3n) is 0.926. The fourth-order valence-corrected chi connectivity index (χ4v) is 0.472. The van der Waals surface area contributed by atoms with Crippen LogP contribution in [-0.4, -0.2) is 33.8 Å². The Kier molecular flexibility index (Phi) is 2.14. The van der Waals surface area contributed by atoms with E-state index in [1.807, 2.05) is 7.05 Å². The maximum absolute atomic E-state index is 3.61. The van der Waals surface area contributed by atoms with Crippen LogP contribution in [0, 0.1) is 6.33 Å². The van der Waals surface area contributed by atoms with Gasteiger partial charge in [-0.05, 0) is 17.5 Å². The van der Waals surface area contributed by atoms with Crippen LogP contribution in [0.15, 0.2) is 0 Å². The Labute approximate surface area is 53.1 Å². The topological polar surface area (TPSA) is 55.6 Å². The van der Waals surface area contributed by atoms with E-state index in [-0.39, 0.29) is 0 Å². The fourth-order valence-electron chi connectivity index (χ4n) is 0.472. The predicted octanol–water partition coefficient (Wildman–Crippen LogP) is -1.31. The van der Waals surface area contributed by atoms with E-state index in [1.165, 1.54) is 0 Å². The van der Waals surface area contributed by atoms with Crippen molar-refractivity contribution in [3.8, 4) is 0 Å². The zero-order valence-electron chi connectivity index (χ0n) is 5.20. The molecule has 0 aliphatic heterocycles. The van der Waals surface area contributed by atoms with Crippen LogP contribution in [0.1, 0.15) is 0 Å². The molecule has 0 unspecified atom stereocenters. The molecule has 0 atom stereocenters. The largest absolute Gasteiger partial charge is 0.318 e. The molecule has 0 aliphatic rings. The number of hydrogen-bond acceptors (Lipinski definition) is 4. The van der Waals surface area contributed by atoms with Crippen LogP contribution in [0.4, 0.5) is 0 Å². The number of nitrogens with zero attached hydrogens (tertiary/aromatic N) is 4. The molecule has 1 aromatic rings. The predicted molar refractivity (Wildman–Crippen MR) is 30.6 cm³/mol. The molecule has 5 heteroatoms. The standard InChI is InChI=1S/C4H8N5/c1-5-2-3-9-4-6-7-8-9/h5H,2-3H2,1H3. The summed E-state index contributed by atoms with van der Waals surface area (Å²) in [7, 11) is 1.88. The first-order chi connectivity index (χ1) is 4.43. The van der Waals surface area contributed by atoms with Crippen molar-refractivity contribution in [2.45, 2.75) is 6.54 Å². The van der Waals surface area contributed by atoms with Crippen molar-refractivity contribution >= 4 is 0 Å². The summed E-state index contributed by atoms with van der Waals surface area (Å²) in [6, 6.07) is 0. The van der Waals surface area contributed by atoms with Crippen LogP contribution in [0.2, 0.25) is 0 Å². The zero-order chi connectivity index (χ0) is 6.53. The smallest absolute Gasteiger partial charge is 0.221 e. The van der Waals surface area contributed by atoms with Crippen molar-refractivity contribution < 1.29 is 0 Å². The molecule has 0 amide bonds. The molecule has 1 aromatic heterocycles. The second-order valence-electron chi connectivity index (χ2n) is 1.61. The Bertz CT molecular complexity index is 146. The van der Waals surface area contributed by atoms with Gasteiger partial charge in [0.25, 0.3) is 0 Å². The molecule has 1 heterocycles. The van der Waals surface area contributed by atoms with Gasteiger partial charge in [-0.1, -0.05) is 0 Å². The van der Waals surface area contributed by atoms with E-state index in [4.69, 9.17) is 0 Å². The summed E-state index contributed by atoms with van der Waals surface area (Å²) in [5.41, 5.74) is 0. The zero-order valence-corrected chi connectivity index (χ0v) is 5.20. The van der Waals surface area contributed by atoms with Gasteiger partial charge in [0.2, 0.25) is 6.33 Å². The average Bonchev–Trinajstić information content (AvgIpc) is 2.34. The molecular formula is C4H8N5. The summed E-state index contributed by atoms with van der Waals surface area (Å²) in [5, 5.41) is 13.4. The van der Waals surface area contributed by atoms with E-state index in [2.05, 4.69) is 27.2 Å². The molecule has 1 N–H and O–H groups in total. The lowest BCUT2D eigenvalue weighted by molar-refractivity contribution is 0.562. The lowest BCUT2D eigenvalue weighted by atomic mass is 10.6. The fraction of sp³-hybridized carbons (Fsp3) is 0.750. The molecule has 1 radical (unpaired) electrons. The number of nitrogens with one attached hydrogen (secondary N) is 1. The van der Waals surface area contributed by atoms with Crippen molar-refractivity contribution in [3.05, 3.63) is 6.33 Å². The number of aromatic nitrogens is 4. The van der Waals surface area contributed by atoms with Gasteiger partial charge in [-0.2, -0.15) is 0 Å². The van der Waals surface area contributed by atoms with Crippen molar-refractivity contribution in [2.75, 3.05) is 13.6 Å². The van der Waals surface area contributed by atoms with Gasteiger partial charge < -0.3 is 5.32 Å². The van der Waals surface area contributed by atoms with E-state index < -0.39 is 0 Å². The Morgan fingerprint density at radius 2 is 2.56 bits per heavy atom. The van der Waals surface area contributed by atoms with Crippen LogP contribution >= 0.6 is 0 Å². The number of rotatable bonds is 3. The second kappa shape index (κ2) is 3.13. The summed E-state index contributed by atoms with van der Waals surface area (Å²) in [4.78, 5) is 0. The highest BCUT2D eigenvalue weighted by Gasteiger charge is 1.88. The van der Waals surface area contributed by atoms with Gasteiger partial charge >= 0.3 is 0 Å². The summed E-state index contributed by atoms with van der Waals surface area (Å²) < 4.78 is 1.55. The molecule has 0 saturated heterocycles. The summed E-state index contributed by atoms with van der Waals surface area (Å²) in [6.45, 7) is 1.63. The van der Waals surface area contributed by atoms with Crippen molar-refractivity contribution in [3.63, 3.8) is 0 Å². The van der Waals surface area contributed by atoms with Crippen LogP contribution in [-0.2, 0) is 6.54 Å². The second-order valence-corrected chi connectivity index (χ2v) is 1.61. The minimum Gasteiger partial charge on any atom is -0.318 e. The monoisotopic (exact) mass is 126 g/mol. The van der Waals surface area contributed by atoms with Gasteiger partial charge in [-0.15, -0.1) is 5.10 Å². The molecule has 5 nitrogen and oxygen atoms in total. The Balaban J connectivity index is 2.30. The number of tetrazole rings is 1. The number of hydrogen-bond donors (Lipinski definition) is 1. The molecule has 9 heavy (non-hydrogen) atoms. The molecule has 0 aliphatic carbocycles. The minimum absolute atomic E-state index is 0.767. The van der Waals surface area contributed by atoms with Gasteiger partial charge in [-0.25, -0.2) is 4.68 Å². The van der Waals surface area contributed by atoms with Crippen LogP contribution in [0.5, 0.6) is 0 Å². The highest BCUT2D eigenvalue weighted by Crippen LogP contribution is 1.71. The quantitative estimate of drug-likeness (QED) is 0.546. The van der Waals surface area contributed by atoms with E-state index in [9.17, 15) is 0 Å². The normalized spacial score (nSPS) is 9.89. The molecule has 0 bridgehead atoms.